The first-order chi connectivity index (χ1) is 11.6. The summed E-state index contributed by atoms with van der Waals surface area (Å²) in [7, 11) is 0. The van der Waals surface area contributed by atoms with Gasteiger partial charge in [-0.05, 0) is 35.8 Å². The Morgan fingerprint density at radius 1 is 0.654 bits per heavy atom. The number of nitrogens with zero attached hydrogens (tertiary/aromatic N) is 1. The second-order valence-electron chi connectivity index (χ2n) is 11.0. The molecule has 2 aromatic heterocycles. The highest BCUT2D eigenvalue weighted by Gasteiger charge is 2.31. The summed E-state index contributed by atoms with van der Waals surface area (Å²) in [6, 6.07) is 4.67. The van der Waals surface area contributed by atoms with E-state index < -0.39 is 0 Å². The van der Waals surface area contributed by atoms with E-state index in [9.17, 15) is 0 Å². The Labute approximate surface area is 169 Å². The third kappa shape index (κ3) is 4.98. The number of aromatic nitrogens is 1. The Kier molecular flexibility index (Phi) is 5.87. The normalized spacial score (nSPS) is 14.1. The fourth-order valence-corrected chi connectivity index (χ4v) is 5.21. The van der Waals surface area contributed by atoms with Crippen molar-refractivity contribution in [1.82, 2.24) is 4.98 Å². The molecule has 2 aromatic rings. The van der Waals surface area contributed by atoms with Crippen LogP contribution in [0.2, 0.25) is 0 Å². The van der Waals surface area contributed by atoms with Crippen molar-refractivity contribution in [2.45, 2.75) is 104 Å². The fraction of sp³-hybridized carbons (Fsp3) is 0.696. The molecule has 1 nitrogen and oxygen atoms in total. The van der Waals surface area contributed by atoms with Gasteiger partial charge in [0.2, 0.25) is 0 Å². The SMILES string of the molecule is CC(C)(C)c1ccc(C(C)(C)CCC(C)(C)c2cnc(C(C)(C)C)s2)s1. The Morgan fingerprint density at radius 3 is 1.58 bits per heavy atom. The van der Waals surface area contributed by atoms with Crippen LogP contribution in [0.3, 0.4) is 0 Å². The lowest BCUT2D eigenvalue weighted by Crippen LogP contribution is -2.23. The molecule has 0 unspecified atom stereocenters. The minimum Gasteiger partial charge on any atom is -0.249 e. The van der Waals surface area contributed by atoms with Gasteiger partial charge in [-0.15, -0.1) is 22.7 Å². The van der Waals surface area contributed by atoms with Gasteiger partial charge in [0, 0.05) is 31.7 Å². The van der Waals surface area contributed by atoms with Gasteiger partial charge in [0.05, 0.1) is 5.01 Å². The molecular weight excluding hydrogens is 354 g/mol. The van der Waals surface area contributed by atoms with E-state index in [1.165, 1.54) is 32.5 Å². The van der Waals surface area contributed by atoms with E-state index in [0.717, 1.165) is 0 Å². The van der Waals surface area contributed by atoms with Crippen molar-refractivity contribution < 1.29 is 0 Å². The molecule has 0 aliphatic carbocycles. The molecule has 0 aliphatic heterocycles. The van der Waals surface area contributed by atoms with Gasteiger partial charge >= 0.3 is 0 Å². The minimum absolute atomic E-state index is 0.137. The monoisotopic (exact) mass is 391 g/mol. The molecule has 146 valence electrons. The molecule has 0 saturated carbocycles. The lowest BCUT2D eigenvalue weighted by atomic mass is 9.77. The van der Waals surface area contributed by atoms with Crippen molar-refractivity contribution in [3.05, 3.63) is 38.0 Å². The molecule has 2 rings (SSSR count). The maximum atomic E-state index is 4.71. The first-order valence-electron chi connectivity index (χ1n) is 9.70. The molecule has 3 heteroatoms. The van der Waals surface area contributed by atoms with Crippen molar-refractivity contribution in [3.8, 4) is 0 Å². The van der Waals surface area contributed by atoms with Crippen LogP contribution >= 0.6 is 22.7 Å². The lowest BCUT2D eigenvalue weighted by Gasteiger charge is -2.30. The molecule has 0 saturated heterocycles. The van der Waals surface area contributed by atoms with Crippen molar-refractivity contribution in [3.63, 3.8) is 0 Å². The van der Waals surface area contributed by atoms with Gasteiger partial charge in [-0.1, -0.05) is 69.2 Å². The molecule has 2 heterocycles. The maximum absolute atomic E-state index is 4.71. The average molecular weight is 392 g/mol. The second-order valence-corrected chi connectivity index (χ2v) is 13.1. The molecule has 0 N–H and O–H groups in total. The molecular formula is C23H37NS2. The topological polar surface area (TPSA) is 12.9 Å². The van der Waals surface area contributed by atoms with E-state index in [1.807, 2.05) is 22.7 Å². The molecule has 26 heavy (non-hydrogen) atoms. The van der Waals surface area contributed by atoms with Gasteiger partial charge in [-0.25, -0.2) is 4.98 Å². The van der Waals surface area contributed by atoms with E-state index >= 15 is 0 Å². The average Bonchev–Trinajstić information content (AvgIpc) is 3.13. The van der Waals surface area contributed by atoms with Gasteiger partial charge in [-0.2, -0.15) is 0 Å². The largest absolute Gasteiger partial charge is 0.249 e. The first-order valence-corrected chi connectivity index (χ1v) is 11.3. The van der Waals surface area contributed by atoms with Gasteiger partial charge in [0.1, 0.15) is 0 Å². The van der Waals surface area contributed by atoms with Crippen molar-refractivity contribution >= 4 is 22.7 Å². The molecule has 0 radical (unpaired) electrons. The van der Waals surface area contributed by atoms with Crippen LogP contribution in [0.1, 0.15) is 102 Å². The zero-order chi connectivity index (χ0) is 20.0. The highest BCUT2D eigenvalue weighted by Crippen LogP contribution is 2.42. The van der Waals surface area contributed by atoms with Crippen LogP contribution in [0, 0.1) is 0 Å². The predicted octanol–water partition coefficient (Wildman–Crippen LogP) is 7.84. The molecule has 0 aromatic carbocycles. The second kappa shape index (κ2) is 7.05. The molecule has 0 aliphatic rings. The summed E-state index contributed by atoms with van der Waals surface area (Å²) >= 11 is 3.88. The van der Waals surface area contributed by atoms with Crippen LogP contribution in [0.15, 0.2) is 18.3 Å². The Morgan fingerprint density at radius 2 is 1.15 bits per heavy atom. The molecule has 0 bridgehead atoms. The van der Waals surface area contributed by atoms with Crippen LogP contribution in [0.25, 0.3) is 0 Å². The Hall–Kier alpha value is -0.670. The Balaban J connectivity index is 2.12. The highest BCUT2D eigenvalue weighted by molar-refractivity contribution is 7.12. The zero-order valence-electron chi connectivity index (χ0n) is 18.4. The van der Waals surface area contributed by atoms with Crippen molar-refractivity contribution in [2.24, 2.45) is 0 Å². The van der Waals surface area contributed by atoms with Gasteiger partial charge < -0.3 is 0 Å². The van der Waals surface area contributed by atoms with Gasteiger partial charge in [0.25, 0.3) is 0 Å². The van der Waals surface area contributed by atoms with Crippen LogP contribution in [-0.2, 0) is 21.7 Å². The van der Waals surface area contributed by atoms with Crippen molar-refractivity contribution in [2.75, 3.05) is 0 Å². The van der Waals surface area contributed by atoms with Gasteiger partial charge in [0.15, 0.2) is 0 Å². The van der Waals surface area contributed by atoms with E-state index in [-0.39, 0.29) is 21.7 Å². The summed E-state index contributed by atoms with van der Waals surface area (Å²) in [5.74, 6) is 0. The smallest absolute Gasteiger partial charge is 0.0981 e. The number of thiophene rings is 1. The first kappa shape index (κ1) is 21.6. The number of thiazole rings is 1. The summed E-state index contributed by atoms with van der Waals surface area (Å²) in [6.45, 7) is 23.2. The molecule has 0 atom stereocenters. The third-order valence-corrected chi connectivity index (χ3v) is 8.87. The molecule has 0 amide bonds. The summed E-state index contributed by atoms with van der Waals surface area (Å²) in [5.41, 5.74) is 0.758. The van der Waals surface area contributed by atoms with E-state index in [1.54, 1.807) is 0 Å². The van der Waals surface area contributed by atoms with Gasteiger partial charge in [-0.3, -0.25) is 0 Å². The predicted molar refractivity (Wildman–Crippen MR) is 119 cm³/mol. The lowest BCUT2D eigenvalue weighted by molar-refractivity contribution is 0.382. The van der Waals surface area contributed by atoms with Crippen LogP contribution in [0.4, 0.5) is 0 Å². The van der Waals surface area contributed by atoms with Crippen molar-refractivity contribution in [1.29, 1.82) is 0 Å². The maximum Gasteiger partial charge on any atom is 0.0981 e. The van der Waals surface area contributed by atoms with Crippen LogP contribution in [-0.4, -0.2) is 4.98 Å². The summed E-state index contributed by atoms with van der Waals surface area (Å²) < 4.78 is 0. The van der Waals surface area contributed by atoms with Crippen LogP contribution in [0.5, 0.6) is 0 Å². The number of hydrogen-bond donors (Lipinski definition) is 0. The van der Waals surface area contributed by atoms with E-state index in [4.69, 9.17) is 4.98 Å². The minimum atomic E-state index is 0.137. The fourth-order valence-electron chi connectivity index (χ4n) is 2.91. The standard InChI is InChI=1S/C23H37NS2/c1-20(2,3)16-11-12-17(25-16)22(7,8)13-14-23(9,10)18-15-24-19(26-18)21(4,5)6/h11-12,15H,13-14H2,1-10H3. The Bertz CT molecular complexity index is 669. The summed E-state index contributed by atoms with van der Waals surface area (Å²) in [5, 5.41) is 1.24. The molecule has 0 fully saturated rings. The number of hydrogen-bond acceptors (Lipinski definition) is 3. The third-order valence-electron chi connectivity index (χ3n) is 5.20. The molecule has 0 spiro atoms. The van der Waals surface area contributed by atoms with Crippen LogP contribution < -0.4 is 0 Å². The zero-order valence-corrected chi connectivity index (χ0v) is 20.0. The highest BCUT2D eigenvalue weighted by atomic mass is 32.1. The summed E-state index contributed by atoms with van der Waals surface area (Å²) in [6.07, 6.45) is 4.47. The quantitative estimate of drug-likeness (QED) is 0.506. The van der Waals surface area contributed by atoms with E-state index in [0.29, 0.717) is 0 Å². The van der Waals surface area contributed by atoms with E-state index in [2.05, 4.69) is 87.6 Å². The summed E-state index contributed by atoms with van der Waals surface area (Å²) in [4.78, 5) is 9.12. The number of rotatable bonds is 5.